The minimum Gasteiger partial charge on any atom is -0.355 e. The molecule has 0 radical (unpaired) electrons. The van der Waals surface area contributed by atoms with Crippen LogP contribution in [0.5, 0.6) is 0 Å². The number of rotatable bonds is 8. The molecular formula is C20H23ClN6O3S. The van der Waals surface area contributed by atoms with Crippen molar-refractivity contribution in [1.29, 1.82) is 0 Å². The number of imide groups is 1. The molecule has 2 aliphatic rings. The molecular weight excluding hydrogens is 440 g/mol. The molecule has 1 aromatic carbocycles. The normalized spacial score (nSPS) is 17.4. The summed E-state index contributed by atoms with van der Waals surface area (Å²) in [4.78, 5) is 38.2. The molecule has 1 saturated heterocycles. The second-order valence-corrected chi connectivity index (χ2v) is 9.01. The van der Waals surface area contributed by atoms with Gasteiger partial charge in [-0.05, 0) is 37.5 Å². The summed E-state index contributed by atoms with van der Waals surface area (Å²) in [6.07, 6.45) is 5.41. The Balaban J connectivity index is 1.21. The Morgan fingerprint density at radius 3 is 2.87 bits per heavy atom. The maximum atomic E-state index is 12.6. The van der Waals surface area contributed by atoms with Crippen molar-refractivity contribution in [2.75, 3.05) is 18.8 Å². The molecule has 1 aromatic heterocycles. The number of nitrogens with zero attached hydrogens (tertiary/aromatic N) is 4. The molecule has 2 N–H and O–H groups in total. The van der Waals surface area contributed by atoms with E-state index in [-0.39, 0.29) is 23.6 Å². The number of halogens is 1. The molecule has 1 spiro atoms. The van der Waals surface area contributed by atoms with Gasteiger partial charge in [0.05, 0.1) is 11.4 Å². The van der Waals surface area contributed by atoms with Crippen molar-refractivity contribution in [3.8, 4) is 5.69 Å². The Morgan fingerprint density at radius 2 is 2.10 bits per heavy atom. The first-order valence-corrected chi connectivity index (χ1v) is 11.5. The molecule has 0 unspecified atom stereocenters. The topological polar surface area (TPSA) is 109 Å². The zero-order chi connectivity index (χ0) is 21.8. The van der Waals surface area contributed by atoms with Gasteiger partial charge in [-0.15, -0.1) is 10.2 Å². The predicted molar refractivity (Wildman–Crippen MR) is 116 cm³/mol. The lowest BCUT2D eigenvalue weighted by Gasteiger charge is -2.20. The fraction of sp³-hybridized carbons (Fsp3) is 0.450. The lowest BCUT2D eigenvalue weighted by atomic mass is 9.98. The minimum atomic E-state index is -0.685. The van der Waals surface area contributed by atoms with E-state index in [1.165, 1.54) is 16.7 Å². The van der Waals surface area contributed by atoms with Crippen LogP contribution in [-0.4, -0.2) is 61.9 Å². The number of hydrogen-bond donors (Lipinski definition) is 2. The molecule has 11 heteroatoms. The number of aromatic nitrogens is 3. The number of nitrogens with one attached hydrogen (secondary N) is 2. The van der Waals surface area contributed by atoms with Crippen molar-refractivity contribution >= 4 is 41.2 Å². The SMILES string of the molecule is O=C(CSc1nncn1-c1cccc(Cl)c1)NCCCN1C(=O)NC2(CCCC2)C1=O. The first kappa shape index (κ1) is 21.6. The molecule has 2 fully saturated rings. The summed E-state index contributed by atoms with van der Waals surface area (Å²) in [5.74, 6) is -0.113. The van der Waals surface area contributed by atoms with Crippen molar-refractivity contribution in [2.45, 2.75) is 42.8 Å². The molecule has 0 atom stereocenters. The van der Waals surface area contributed by atoms with Gasteiger partial charge in [-0.25, -0.2) is 4.79 Å². The molecule has 164 valence electrons. The highest BCUT2D eigenvalue weighted by Gasteiger charge is 2.51. The second kappa shape index (κ2) is 9.27. The van der Waals surface area contributed by atoms with E-state index in [0.29, 0.717) is 42.5 Å². The Kier molecular flexibility index (Phi) is 6.47. The van der Waals surface area contributed by atoms with Gasteiger partial charge >= 0.3 is 6.03 Å². The van der Waals surface area contributed by atoms with Crippen molar-refractivity contribution < 1.29 is 14.4 Å². The van der Waals surface area contributed by atoms with Crippen molar-refractivity contribution in [3.63, 3.8) is 0 Å². The number of hydrogen-bond acceptors (Lipinski definition) is 6. The third kappa shape index (κ3) is 4.69. The van der Waals surface area contributed by atoms with Crippen molar-refractivity contribution in [1.82, 2.24) is 30.3 Å². The van der Waals surface area contributed by atoms with E-state index in [9.17, 15) is 14.4 Å². The van der Waals surface area contributed by atoms with Gasteiger partial charge in [-0.3, -0.25) is 19.1 Å². The van der Waals surface area contributed by atoms with Crippen LogP contribution in [0, 0.1) is 0 Å². The van der Waals surface area contributed by atoms with Gasteiger partial charge in [0.25, 0.3) is 5.91 Å². The van der Waals surface area contributed by atoms with Crippen molar-refractivity contribution in [3.05, 3.63) is 35.6 Å². The Bertz CT molecular complexity index is 991. The zero-order valence-electron chi connectivity index (χ0n) is 16.8. The van der Waals surface area contributed by atoms with Gasteiger partial charge in [0, 0.05) is 18.1 Å². The fourth-order valence-corrected chi connectivity index (χ4v) is 4.91. The molecule has 1 saturated carbocycles. The van der Waals surface area contributed by atoms with Gasteiger partial charge in [0.15, 0.2) is 5.16 Å². The maximum absolute atomic E-state index is 12.6. The largest absolute Gasteiger partial charge is 0.355 e. The summed E-state index contributed by atoms with van der Waals surface area (Å²) in [5.41, 5.74) is 0.129. The summed E-state index contributed by atoms with van der Waals surface area (Å²) in [7, 11) is 0. The zero-order valence-corrected chi connectivity index (χ0v) is 18.4. The van der Waals surface area contributed by atoms with E-state index in [1.807, 2.05) is 12.1 Å². The van der Waals surface area contributed by atoms with Crippen LogP contribution >= 0.6 is 23.4 Å². The van der Waals surface area contributed by atoms with Crippen LogP contribution in [-0.2, 0) is 9.59 Å². The fourth-order valence-electron chi connectivity index (χ4n) is 3.97. The lowest BCUT2D eigenvalue weighted by Crippen LogP contribution is -2.44. The summed E-state index contributed by atoms with van der Waals surface area (Å²) < 4.78 is 1.76. The van der Waals surface area contributed by atoms with Crippen LogP contribution in [0.1, 0.15) is 32.1 Å². The van der Waals surface area contributed by atoms with Crippen LogP contribution in [0.4, 0.5) is 4.79 Å². The van der Waals surface area contributed by atoms with Crippen LogP contribution in [0.15, 0.2) is 35.7 Å². The van der Waals surface area contributed by atoms with E-state index in [2.05, 4.69) is 20.8 Å². The average Bonchev–Trinajstić information content (AvgIpc) is 3.46. The van der Waals surface area contributed by atoms with E-state index in [4.69, 9.17) is 11.6 Å². The highest BCUT2D eigenvalue weighted by Crippen LogP contribution is 2.35. The van der Waals surface area contributed by atoms with E-state index in [1.54, 1.807) is 23.0 Å². The van der Waals surface area contributed by atoms with Gasteiger partial charge in [0.2, 0.25) is 5.91 Å². The first-order valence-electron chi connectivity index (χ1n) is 10.2. The molecule has 1 aliphatic carbocycles. The molecule has 0 bridgehead atoms. The van der Waals surface area contributed by atoms with Crippen LogP contribution in [0.2, 0.25) is 5.02 Å². The van der Waals surface area contributed by atoms with Crippen LogP contribution in [0.3, 0.4) is 0 Å². The molecule has 1 aliphatic heterocycles. The maximum Gasteiger partial charge on any atom is 0.325 e. The molecule has 9 nitrogen and oxygen atoms in total. The number of carbonyl (C=O) groups is 3. The van der Waals surface area contributed by atoms with Crippen LogP contribution in [0.25, 0.3) is 5.69 Å². The van der Waals surface area contributed by atoms with Gasteiger partial charge < -0.3 is 10.6 Å². The lowest BCUT2D eigenvalue weighted by molar-refractivity contribution is -0.131. The molecule has 2 aromatic rings. The highest BCUT2D eigenvalue weighted by atomic mass is 35.5. The first-order chi connectivity index (χ1) is 15.0. The van der Waals surface area contributed by atoms with E-state index >= 15 is 0 Å². The van der Waals surface area contributed by atoms with E-state index in [0.717, 1.165) is 18.5 Å². The quantitative estimate of drug-likeness (QED) is 0.354. The Hall–Kier alpha value is -2.59. The number of urea groups is 1. The Labute approximate surface area is 188 Å². The average molecular weight is 463 g/mol. The standard InChI is InChI=1S/C20H23ClN6O3S/c21-14-5-3-6-15(11-14)27-13-23-25-19(27)31-12-16(28)22-9-4-10-26-17(29)20(24-18(26)30)7-1-2-8-20/h3,5-6,11,13H,1-2,4,7-10,12H2,(H,22,28)(H,24,30). The van der Waals surface area contributed by atoms with Gasteiger partial charge in [-0.1, -0.05) is 42.3 Å². The van der Waals surface area contributed by atoms with Gasteiger partial charge in [0.1, 0.15) is 11.9 Å². The highest BCUT2D eigenvalue weighted by molar-refractivity contribution is 7.99. The molecule has 4 rings (SSSR count). The smallest absolute Gasteiger partial charge is 0.325 e. The summed E-state index contributed by atoms with van der Waals surface area (Å²) in [6, 6.07) is 6.96. The number of amides is 4. The number of benzene rings is 1. The number of carbonyl (C=O) groups excluding carboxylic acids is 3. The summed E-state index contributed by atoms with van der Waals surface area (Å²) in [5, 5.41) is 14.8. The summed E-state index contributed by atoms with van der Waals surface area (Å²) in [6.45, 7) is 0.674. The molecule has 2 heterocycles. The molecule has 31 heavy (non-hydrogen) atoms. The Morgan fingerprint density at radius 1 is 1.29 bits per heavy atom. The van der Waals surface area contributed by atoms with Crippen LogP contribution < -0.4 is 10.6 Å². The van der Waals surface area contributed by atoms with Crippen molar-refractivity contribution in [2.24, 2.45) is 0 Å². The van der Waals surface area contributed by atoms with Gasteiger partial charge in [-0.2, -0.15) is 0 Å². The minimum absolute atomic E-state index is 0.128. The number of thioether (sulfide) groups is 1. The monoisotopic (exact) mass is 462 g/mol. The second-order valence-electron chi connectivity index (χ2n) is 7.63. The van der Waals surface area contributed by atoms with E-state index < -0.39 is 5.54 Å². The predicted octanol–water partition coefficient (Wildman–Crippen LogP) is 2.38. The summed E-state index contributed by atoms with van der Waals surface area (Å²) >= 11 is 7.30. The molecule has 4 amide bonds. The third-order valence-electron chi connectivity index (χ3n) is 5.52. The third-order valence-corrected chi connectivity index (χ3v) is 6.70.